The molecule has 1 aliphatic heterocycles. The fraction of sp³-hybridized carbons (Fsp3) is 0.533. The van der Waals surface area contributed by atoms with Crippen LogP contribution < -0.4 is 5.46 Å². The molecule has 12 heteroatoms. The Balaban J connectivity index is 0.000000195. The molecule has 0 atom stereocenters. The molecule has 3 heterocycles. The highest BCUT2D eigenvalue weighted by molar-refractivity contribution is 6.64. The third-order valence-corrected chi connectivity index (χ3v) is 7.85. The minimum absolute atomic E-state index is 0.0332. The number of esters is 2. The Morgan fingerprint density at radius 3 is 1.67 bits per heavy atom. The van der Waals surface area contributed by atoms with Crippen LogP contribution in [0, 0.1) is 25.7 Å². The third-order valence-electron chi connectivity index (χ3n) is 7.54. The lowest BCUT2D eigenvalue weighted by Crippen LogP contribution is -2.41. The average molecular weight is 601 g/mol. The Labute approximate surface area is 252 Å². The van der Waals surface area contributed by atoms with E-state index in [1.54, 1.807) is 19.1 Å². The van der Waals surface area contributed by atoms with Gasteiger partial charge in [0.2, 0.25) is 5.24 Å². The number of hydrogen-bond acceptors (Lipinski definition) is 10. The van der Waals surface area contributed by atoms with E-state index >= 15 is 0 Å². The van der Waals surface area contributed by atoms with Crippen molar-refractivity contribution in [3.63, 3.8) is 0 Å². The molecule has 2 saturated carbocycles. The molecule has 2 aromatic rings. The number of pyridine rings is 2. The van der Waals surface area contributed by atoms with Gasteiger partial charge in [-0.2, -0.15) is 0 Å². The Hall–Kier alpha value is -3.15. The molecule has 42 heavy (non-hydrogen) atoms. The minimum Gasteiger partial charge on any atom is -0.465 e. The van der Waals surface area contributed by atoms with Crippen LogP contribution in [0.25, 0.3) is 0 Å². The lowest BCUT2D eigenvalue weighted by atomic mass is 9.76. The zero-order chi connectivity index (χ0) is 31.4. The van der Waals surface area contributed by atoms with E-state index in [9.17, 15) is 19.2 Å². The number of carbonyl (C=O) groups is 4. The van der Waals surface area contributed by atoms with E-state index in [0.717, 1.165) is 37.1 Å². The molecule has 3 fully saturated rings. The van der Waals surface area contributed by atoms with Crippen LogP contribution in [0.3, 0.4) is 0 Å². The van der Waals surface area contributed by atoms with Crippen LogP contribution in [0.4, 0.5) is 0 Å². The van der Waals surface area contributed by atoms with Gasteiger partial charge in [-0.1, -0.05) is 0 Å². The molecule has 5 rings (SSSR count). The van der Waals surface area contributed by atoms with E-state index < -0.39 is 30.3 Å². The topological polar surface area (TPSA) is 131 Å². The van der Waals surface area contributed by atoms with Crippen LogP contribution in [0.1, 0.15) is 95.8 Å². The molecule has 0 unspecified atom stereocenters. The van der Waals surface area contributed by atoms with Crippen molar-refractivity contribution in [2.24, 2.45) is 11.8 Å². The smallest absolute Gasteiger partial charge is 0.465 e. The second-order valence-electron chi connectivity index (χ2n) is 11.6. The molecule has 10 nitrogen and oxygen atoms in total. The van der Waals surface area contributed by atoms with Crippen LogP contribution in [0.5, 0.6) is 0 Å². The molecule has 0 radical (unpaired) electrons. The number of hydrogen-bond donors (Lipinski definition) is 0. The van der Waals surface area contributed by atoms with Gasteiger partial charge < -0.3 is 18.8 Å². The van der Waals surface area contributed by atoms with Crippen molar-refractivity contribution in [1.82, 2.24) is 9.97 Å². The zero-order valence-corrected chi connectivity index (χ0v) is 26.2. The zero-order valence-electron chi connectivity index (χ0n) is 25.4. The van der Waals surface area contributed by atoms with Crippen LogP contribution in [0.15, 0.2) is 24.5 Å². The predicted molar refractivity (Wildman–Crippen MR) is 157 cm³/mol. The Morgan fingerprint density at radius 1 is 0.786 bits per heavy atom. The maximum atomic E-state index is 12.0. The highest BCUT2D eigenvalue weighted by Gasteiger charge is 2.52. The van der Waals surface area contributed by atoms with Gasteiger partial charge in [0.05, 0.1) is 36.5 Å². The quantitative estimate of drug-likeness (QED) is 0.203. The molecule has 226 valence electrons. The number of carbonyl (C=O) groups excluding carboxylic acids is 4. The Morgan fingerprint density at radius 2 is 1.24 bits per heavy atom. The van der Waals surface area contributed by atoms with E-state index in [0.29, 0.717) is 16.6 Å². The van der Waals surface area contributed by atoms with Crippen LogP contribution in [-0.4, -0.2) is 65.5 Å². The van der Waals surface area contributed by atoms with Crippen LogP contribution in [0.2, 0.25) is 0 Å². The van der Waals surface area contributed by atoms with E-state index in [-0.39, 0.29) is 28.4 Å². The summed E-state index contributed by atoms with van der Waals surface area (Å²) < 4.78 is 21.4. The molecule has 0 spiro atoms. The summed E-state index contributed by atoms with van der Waals surface area (Å²) >= 11 is 5.04. The first-order chi connectivity index (χ1) is 19.6. The van der Waals surface area contributed by atoms with Gasteiger partial charge >= 0.3 is 19.1 Å². The number of aromatic nitrogens is 2. The molecule has 0 bridgehead atoms. The predicted octanol–water partition coefficient (Wildman–Crippen LogP) is 4.41. The molecular weight excluding hydrogens is 563 g/mol. The fourth-order valence-corrected chi connectivity index (χ4v) is 4.16. The van der Waals surface area contributed by atoms with Gasteiger partial charge in [0.25, 0.3) is 0 Å². The first-order valence-corrected chi connectivity index (χ1v) is 14.2. The Kier molecular flexibility index (Phi) is 10.7. The largest absolute Gasteiger partial charge is 0.495 e. The first kappa shape index (κ1) is 33.4. The van der Waals surface area contributed by atoms with Gasteiger partial charge in [0, 0.05) is 46.6 Å². The molecule has 2 aliphatic carbocycles. The number of halogens is 1. The van der Waals surface area contributed by atoms with E-state index in [4.69, 9.17) is 25.6 Å². The fourth-order valence-electron chi connectivity index (χ4n) is 3.94. The summed E-state index contributed by atoms with van der Waals surface area (Å²) in [5.41, 5.74) is 2.36. The highest BCUT2D eigenvalue weighted by Crippen LogP contribution is 2.37. The molecular formula is C30H38BClN2O8. The van der Waals surface area contributed by atoms with Gasteiger partial charge in [-0.25, -0.2) is 9.59 Å². The van der Waals surface area contributed by atoms with Crippen molar-refractivity contribution in [2.75, 3.05) is 14.2 Å². The average Bonchev–Trinajstić information content (AvgIpc) is 3.85. The van der Waals surface area contributed by atoms with Crippen LogP contribution >= 0.6 is 11.6 Å². The van der Waals surface area contributed by atoms with Crippen molar-refractivity contribution >= 4 is 47.1 Å². The molecule has 0 N–H and O–H groups in total. The van der Waals surface area contributed by atoms with Crippen molar-refractivity contribution < 1.29 is 38.0 Å². The summed E-state index contributed by atoms with van der Waals surface area (Å²) in [6.45, 7) is 11.5. The van der Waals surface area contributed by atoms with Gasteiger partial charge in [-0.05, 0) is 91.0 Å². The van der Waals surface area contributed by atoms with Gasteiger partial charge in [-0.3, -0.25) is 19.6 Å². The number of Topliss-reactive ketones (excluding diaryl/α,β-unsaturated/α-hetero) is 1. The summed E-state index contributed by atoms with van der Waals surface area (Å²) in [6, 6.07) is 3.46. The summed E-state index contributed by atoms with van der Waals surface area (Å²) in [6.07, 6.45) is 6.78. The maximum absolute atomic E-state index is 12.0. The number of nitrogens with zero attached hydrogens (tertiary/aromatic N) is 2. The molecule has 2 aromatic heterocycles. The van der Waals surface area contributed by atoms with Crippen molar-refractivity contribution in [3.05, 3.63) is 52.6 Å². The summed E-state index contributed by atoms with van der Waals surface area (Å²) in [5, 5.41) is -0.157. The van der Waals surface area contributed by atoms with E-state index in [1.165, 1.54) is 26.6 Å². The number of aryl methyl sites for hydroxylation is 2. The molecule has 0 aromatic carbocycles. The summed E-state index contributed by atoms with van der Waals surface area (Å²) in [5.74, 6) is -0.596. The summed E-state index contributed by atoms with van der Waals surface area (Å²) in [4.78, 5) is 53.4. The number of ether oxygens (including phenoxy) is 2. The van der Waals surface area contributed by atoms with Crippen molar-refractivity contribution in [2.45, 2.75) is 78.4 Å². The van der Waals surface area contributed by atoms with Crippen molar-refractivity contribution in [3.8, 4) is 0 Å². The first-order valence-electron chi connectivity index (χ1n) is 13.8. The Bertz CT molecular complexity index is 1340. The lowest BCUT2D eigenvalue weighted by Gasteiger charge is -2.32. The monoisotopic (exact) mass is 600 g/mol. The van der Waals surface area contributed by atoms with Crippen LogP contribution in [-0.2, 0) is 23.6 Å². The third kappa shape index (κ3) is 8.23. The number of methoxy groups -OCH3 is 2. The van der Waals surface area contributed by atoms with Gasteiger partial charge in [0.1, 0.15) is 0 Å². The standard InChI is InChI=1S/C14H20BNO4.C12H13NO3.C4H5ClO/c1-9-7-11(10(8-16-9)12(17)18-6)15-19-13(2,3)14(4,5)20-15;1-7-5-9(11(14)8-3-4-8)10(6-13-7)12(15)16-2;5-4(6)3-1-2-3/h7-8H,1-6H3;5-6,8H,3-4H2,1-2H3;3H,1-2H2. The summed E-state index contributed by atoms with van der Waals surface area (Å²) in [7, 11) is 2.04. The minimum atomic E-state index is -0.601. The van der Waals surface area contributed by atoms with E-state index in [1.807, 2.05) is 34.6 Å². The lowest BCUT2D eigenvalue weighted by molar-refractivity contribution is -0.112. The molecule has 1 saturated heterocycles. The van der Waals surface area contributed by atoms with E-state index in [2.05, 4.69) is 14.7 Å². The number of rotatable bonds is 6. The normalized spacial score (nSPS) is 18.1. The van der Waals surface area contributed by atoms with Gasteiger partial charge in [0.15, 0.2) is 5.78 Å². The highest BCUT2D eigenvalue weighted by atomic mass is 35.5. The SMILES string of the molecule is COC(=O)c1cnc(C)cc1B1OC(C)(C)C(C)(C)O1.COC(=O)c1cnc(C)cc1C(=O)C1CC1.O=C(Cl)C1CC1. The maximum Gasteiger partial charge on any atom is 0.495 e. The van der Waals surface area contributed by atoms with Crippen molar-refractivity contribution in [1.29, 1.82) is 0 Å². The second kappa shape index (κ2) is 13.4. The molecule has 3 aliphatic rings. The number of ketones is 1. The molecule has 0 amide bonds. The van der Waals surface area contributed by atoms with Gasteiger partial charge in [-0.15, -0.1) is 0 Å². The second-order valence-corrected chi connectivity index (χ2v) is 11.9.